The van der Waals surface area contributed by atoms with Gasteiger partial charge in [-0.15, -0.1) is 0 Å². The highest BCUT2D eigenvalue weighted by Gasteiger charge is 1.87. The number of benzene rings is 1. The van der Waals surface area contributed by atoms with Crippen LogP contribution in [0.3, 0.4) is 0 Å². The van der Waals surface area contributed by atoms with E-state index in [0.29, 0.717) is 0 Å². The van der Waals surface area contributed by atoms with Crippen LogP contribution >= 0.6 is 0 Å². The first-order chi connectivity index (χ1) is 5.93. The molecule has 0 fully saturated rings. The second-order valence-electron chi connectivity index (χ2n) is 2.63. The highest BCUT2D eigenvalue weighted by atomic mass is 28.2. The van der Waals surface area contributed by atoms with Gasteiger partial charge in [-0.1, -0.05) is 36.4 Å². The Morgan fingerprint density at radius 3 is 2.67 bits per heavy atom. The molecule has 0 spiro atoms. The van der Waals surface area contributed by atoms with E-state index < -0.39 is 0 Å². The molecule has 0 radical (unpaired) electrons. The van der Waals surface area contributed by atoms with Crippen molar-refractivity contribution in [1.29, 1.82) is 0 Å². The molecule has 0 aliphatic rings. The molecule has 2 heteroatoms. The molecule has 0 unspecified atom stereocenters. The average Bonchev–Trinajstić information content (AvgIpc) is 2.14. The van der Waals surface area contributed by atoms with Gasteiger partial charge >= 0.3 is 0 Å². The molecule has 0 N–H and O–H groups in total. The topological polar surface area (TPSA) is 9.23 Å². The van der Waals surface area contributed by atoms with Crippen molar-refractivity contribution >= 4 is 10.5 Å². The van der Waals surface area contributed by atoms with E-state index in [-0.39, 0.29) is 0 Å². The molecule has 1 aromatic rings. The van der Waals surface area contributed by atoms with Crippen molar-refractivity contribution < 1.29 is 4.43 Å². The summed E-state index contributed by atoms with van der Waals surface area (Å²) in [4.78, 5) is 0. The van der Waals surface area contributed by atoms with Crippen molar-refractivity contribution in [3.05, 3.63) is 48.2 Å². The van der Waals surface area contributed by atoms with Crippen LogP contribution in [0.1, 0.15) is 12.0 Å². The maximum atomic E-state index is 4.94. The van der Waals surface area contributed by atoms with Crippen LogP contribution in [0.4, 0.5) is 0 Å². The van der Waals surface area contributed by atoms with Crippen molar-refractivity contribution in [2.24, 2.45) is 0 Å². The Morgan fingerprint density at radius 2 is 2.00 bits per heavy atom. The highest BCUT2D eigenvalue weighted by Crippen LogP contribution is 2.02. The maximum Gasteiger partial charge on any atom is 0.203 e. The van der Waals surface area contributed by atoms with Crippen LogP contribution < -0.4 is 0 Å². The summed E-state index contributed by atoms with van der Waals surface area (Å²) in [5.74, 6) is 0. The minimum absolute atomic E-state index is 0.789. The normalized spacial score (nSPS) is 10.7. The van der Waals surface area contributed by atoms with E-state index in [2.05, 4.69) is 30.3 Å². The van der Waals surface area contributed by atoms with Crippen molar-refractivity contribution in [1.82, 2.24) is 0 Å². The Bertz CT molecular complexity index is 231. The minimum atomic E-state index is 0.789. The van der Waals surface area contributed by atoms with E-state index in [4.69, 9.17) is 4.43 Å². The second-order valence-corrected chi connectivity index (χ2v) is 3.10. The van der Waals surface area contributed by atoms with Crippen LogP contribution in [0.5, 0.6) is 0 Å². The lowest BCUT2D eigenvalue weighted by Crippen LogP contribution is -1.81. The van der Waals surface area contributed by atoms with Crippen LogP contribution in [0.25, 0.3) is 0 Å². The van der Waals surface area contributed by atoms with Crippen LogP contribution in [-0.4, -0.2) is 10.5 Å². The van der Waals surface area contributed by atoms with Crippen molar-refractivity contribution in [2.45, 2.75) is 12.8 Å². The molecule has 0 atom stereocenters. The van der Waals surface area contributed by atoms with Gasteiger partial charge in [0.2, 0.25) is 10.5 Å². The molecule has 0 amide bonds. The summed E-state index contributed by atoms with van der Waals surface area (Å²) in [6.07, 6.45) is 6.02. The molecule has 0 aliphatic carbocycles. The van der Waals surface area contributed by atoms with Crippen molar-refractivity contribution in [3.63, 3.8) is 0 Å². The summed E-state index contributed by atoms with van der Waals surface area (Å²) >= 11 is 0. The van der Waals surface area contributed by atoms with E-state index in [1.54, 1.807) is 6.26 Å². The molecular formula is C10H14OSi. The lowest BCUT2D eigenvalue weighted by atomic mass is 10.1. The molecular weight excluding hydrogens is 164 g/mol. The van der Waals surface area contributed by atoms with Gasteiger partial charge in [-0.2, -0.15) is 0 Å². The zero-order chi connectivity index (χ0) is 8.65. The third-order valence-corrected chi connectivity index (χ3v) is 1.95. The SMILES string of the molecule is [SiH3]OC=CCCc1ccccc1. The second kappa shape index (κ2) is 5.60. The fourth-order valence-corrected chi connectivity index (χ4v) is 1.25. The van der Waals surface area contributed by atoms with Crippen LogP contribution in [-0.2, 0) is 10.8 Å². The Hall–Kier alpha value is -1.02. The molecule has 0 bridgehead atoms. The summed E-state index contributed by atoms with van der Waals surface area (Å²) in [6, 6.07) is 10.5. The molecule has 0 saturated heterocycles. The number of hydrogen-bond donors (Lipinski definition) is 0. The number of hydrogen-bond acceptors (Lipinski definition) is 1. The van der Waals surface area contributed by atoms with E-state index in [1.807, 2.05) is 6.07 Å². The van der Waals surface area contributed by atoms with Crippen LogP contribution in [0.2, 0.25) is 0 Å². The standard InChI is InChI=1S/C10H14OSi/c12-11-9-5-4-8-10-6-2-1-3-7-10/h1-3,5-7,9H,4,8H2,12H3. The molecule has 0 aromatic heterocycles. The largest absolute Gasteiger partial charge is 0.559 e. The van der Waals surface area contributed by atoms with Crippen molar-refractivity contribution in [2.75, 3.05) is 0 Å². The Kier molecular flexibility index (Phi) is 4.24. The zero-order valence-corrected chi connectivity index (χ0v) is 9.36. The molecule has 1 aromatic carbocycles. The van der Waals surface area contributed by atoms with Crippen LogP contribution in [0.15, 0.2) is 42.7 Å². The Labute approximate surface area is 76.6 Å². The maximum absolute atomic E-state index is 4.94. The van der Waals surface area contributed by atoms with E-state index in [9.17, 15) is 0 Å². The number of aryl methyl sites for hydroxylation is 1. The van der Waals surface area contributed by atoms with Gasteiger partial charge in [0.1, 0.15) is 0 Å². The van der Waals surface area contributed by atoms with Crippen molar-refractivity contribution in [3.8, 4) is 0 Å². The summed E-state index contributed by atoms with van der Waals surface area (Å²) in [5.41, 5.74) is 1.38. The minimum Gasteiger partial charge on any atom is -0.559 e. The predicted octanol–water partition coefficient (Wildman–Crippen LogP) is 1.43. The van der Waals surface area contributed by atoms with E-state index in [0.717, 1.165) is 23.3 Å². The molecule has 0 saturated carbocycles. The smallest absolute Gasteiger partial charge is 0.203 e. The van der Waals surface area contributed by atoms with E-state index in [1.165, 1.54) is 5.56 Å². The first-order valence-electron chi connectivity index (χ1n) is 4.15. The molecule has 0 aliphatic heterocycles. The van der Waals surface area contributed by atoms with Gasteiger partial charge in [-0.05, 0) is 18.4 Å². The van der Waals surface area contributed by atoms with E-state index >= 15 is 0 Å². The number of allylic oxidation sites excluding steroid dienone is 1. The van der Waals surface area contributed by atoms with Gasteiger partial charge in [0.25, 0.3) is 0 Å². The Morgan fingerprint density at radius 1 is 1.25 bits per heavy atom. The fraction of sp³-hybridized carbons (Fsp3) is 0.200. The summed E-state index contributed by atoms with van der Waals surface area (Å²) in [7, 11) is 0.789. The van der Waals surface area contributed by atoms with Crippen LogP contribution in [0, 0.1) is 0 Å². The molecule has 12 heavy (non-hydrogen) atoms. The van der Waals surface area contributed by atoms with Gasteiger partial charge in [0.15, 0.2) is 0 Å². The third-order valence-electron chi connectivity index (χ3n) is 1.67. The molecule has 64 valence electrons. The first-order valence-corrected chi connectivity index (χ1v) is 4.97. The summed E-state index contributed by atoms with van der Waals surface area (Å²) in [5, 5.41) is 0. The van der Waals surface area contributed by atoms with Gasteiger partial charge in [0, 0.05) is 0 Å². The van der Waals surface area contributed by atoms with Gasteiger partial charge in [-0.3, -0.25) is 0 Å². The highest BCUT2D eigenvalue weighted by molar-refractivity contribution is 5.98. The zero-order valence-electron chi connectivity index (χ0n) is 7.36. The number of rotatable bonds is 4. The average molecular weight is 178 g/mol. The van der Waals surface area contributed by atoms with Gasteiger partial charge in [0.05, 0.1) is 6.26 Å². The third kappa shape index (κ3) is 3.39. The molecule has 1 rings (SSSR count). The predicted molar refractivity (Wildman–Crippen MR) is 54.9 cm³/mol. The Balaban J connectivity index is 2.29. The lowest BCUT2D eigenvalue weighted by molar-refractivity contribution is 0.531. The lowest BCUT2D eigenvalue weighted by Gasteiger charge is -1.95. The fourth-order valence-electron chi connectivity index (χ4n) is 1.06. The quantitative estimate of drug-likeness (QED) is 0.500. The summed E-state index contributed by atoms with van der Waals surface area (Å²) < 4.78 is 4.94. The molecule has 0 heterocycles. The first kappa shape index (κ1) is 9.07. The van der Waals surface area contributed by atoms with Gasteiger partial charge < -0.3 is 4.43 Å². The van der Waals surface area contributed by atoms with Gasteiger partial charge in [-0.25, -0.2) is 0 Å². The summed E-state index contributed by atoms with van der Waals surface area (Å²) in [6.45, 7) is 0. The monoisotopic (exact) mass is 178 g/mol. The molecule has 1 nitrogen and oxygen atoms in total.